The van der Waals surface area contributed by atoms with Crippen molar-refractivity contribution < 1.29 is 37.9 Å². The van der Waals surface area contributed by atoms with Crippen molar-refractivity contribution in [3.05, 3.63) is 36.5 Å². The Balaban J connectivity index is 3.97. The molecular formula is C40H73O8P. The average Bonchev–Trinajstić information content (AvgIpc) is 3.07. The van der Waals surface area contributed by atoms with Crippen molar-refractivity contribution >= 4 is 19.8 Å². The molecule has 0 aromatic carbocycles. The Bertz CT molecular complexity index is 895. The molecule has 0 aromatic rings. The molecule has 0 aliphatic carbocycles. The third-order valence-electron chi connectivity index (χ3n) is 8.38. The van der Waals surface area contributed by atoms with E-state index in [9.17, 15) is 14.2 Å². The zero-order valence-corrected chi connectivity index (χ0v) is 32.2. The quantitative estimate of drug-likeness (QED) is 0.0285. The molecule has 286 valence electrons. The number of unbranched alkanes of at least 4 members (excludes halogenated alkanes) is 20. The molecule has 0 aliphatic heterocycles. The molecule has 0 aromatic heterocycles. The Morgan fingerprint density at radius 3 is 1.41 bits per heavy atom. The van der Waals surface area contributed by atoms with Crippen LogP contribution in [0.15, 0.2) is 36.5 Å². The number of hydrogen-bond acceptors (Lipinski definition) is 6. The fraction of sp³-hybridized carbons (Fsp3) is 0.800. The molecule has 0 bridgehead atoms. The van der Waals surface area contributed by atoms with Gasteiger partial charge >= 0.3 is 19.8 Å². The van der Waals surface area contributed by atoms with Crippen LogP contribution in [0.4, 0.5) is 0 Å². The van der Waals surface area contributed by atoms with Crippen molar-refractivity contribution in [3.8, 4) is 0 Å². The van der Waals surface area contributed by atoms with E-state index in [1.54, 1.807) is 0 Å². The predicted octanol–water partition coefficient (Wildman–Crippen LogP) is 11.8. The summed E-state index contributed by atoms with van der Waals surface area (Å²) in [6, 6.07) is 0. The van der Waals surface area contributed by atoms with Crippen LogP contribution in [-0.4, -0.2) is 41.0 Å². The molecule has 0 amide bonds. The van der Waals surface area contributed by atoms with Crippen LogP contribution in [0.5, 0.6) is 0 Å². The SMILES string of the molecule is CCCCC/C=C\C/C=C\CCCCCCCCCC(=O)O[C@H](COC(=O)CCCCCCC/C=C\CCCCCCC)COP(=O)(O)O. The van der Waals surface area contributed by atoms with Crippen molar-refractivity contribution in [1.82, 2.24) is 0 Å². The van der Waals surface area contributed by atoms with E-state index in [1.165, 1.54) is 83.5 Å². The topological polar surface area (TPSA) is 119 Å². The van der Waals surface area contributed by atoms with Gasteiger partial charge in [-0.15, -0.1) is 0 Å². The second-order valence-corrected chi connectivity index (χ2v) is 14.5. The second-order valence-electron chi connectivity index (χ2n) is 13.2. The van der Waals surface area contributed by atoms with E-state index in [0.717, 1.165) is 64.2 Å². The highest BCUT2D eigenvalue weighted by molar-refractivity contribution is 7.46. The number of rotatable bonds is 36. The normalized spacial score (nSPS) is 12.8. The fourth-order valence-corrected chi connectivity index (χ4v) is 5.76. The lowest BCUT2D eigenvalue weighted by atomic mass is 10.1. The third-order valence-corrected chi connectivity index (χ3v) is 8.87. The van der Waals surface area contributed by atoms with E-state index < -0.39 is 32.5 Å². The van der Waals surface area contributed by atoms with Gasteiger partial charge in [-0.2, -0.15) is 0 Å². The van der Waals surface area contributed by atoms with Gasteiger partial charge in [0.15, 0.2) is 6.10 Å². The largest absolute Gasteiger partial charge is 0.469 e. The Labute approximate surface area is 300 Å². The lowest BCUT2D eigenvalue weighted by molar-refractivity contribution is -0.161. The summed E-state index contributed by atoms with van der Waals surface area (Å²) >= 11 is 0. The van der Waals surface area contributed by atoms with Crippen molar-refractivity contribution in [2.24, 2.45) is 0 Å². The van der Waals surface area contributed by atoms with Gasteiger partial charge in [-0.05, 0) is 70.6 Å². The molecule has 8 nitrogen and oxygen atoms in total. The second kappa shape index (κ2) is 36.1. The van der Waals surface area contributed by atoms with Gasteiger partial charge in [0.25, 0.3) is 0 Å². The summed E-state index contributed by atoms with van der Waals surface area (Å²) in [4.78, 5) is 42.7. The number of phosphoric acid groups is 1. The van der Waals surface area contributed by atoms with Gasteiger partial charge < -0.3 is 19.3 Å². The van der Waals surface area contributed by atoms with Crippen LogP contribution in [-0.2, 0) is 28.2 Å². The summed E-state index contributed by atoms with van der Waals surface area (Å²) in [7, 11) is -4.75. The minimum atomic E-state index is -4.75. The molecule has 0 fully saturated rings. The molecule has 1 atom stereocenters. The Kier molecular flexibility index (Phi) is 34.8. The minimum Gasteiger partial charge on any atom is -0.462 e. The number of carbonyl (C=O) groups excluding carboxylic acids is 2. The van der Waals surface area contributed by atoms with E-state index in [4.69, 9.17) is 19.3 Å². The number of hydrogen-bond donors (Lipinski definition) is 2. The lowest BCUT2D eigenvalue weighted by Gasteiger charge is -2.18. The van der Waals surface area contributed by atoms with Crippen LogP contribution in [0.25, 0.3) is 0 Å². The van der Waals surface area contributed by atoms with Crippen LogP contribution in [0.3, 0.4) is 0 Å². The van der Waals surface area contributed by atoms with Gasteiger partial charge in [-0.3, -0.25) is 14.1 Å². The highest BCUT2D eigenvalue weighted by Gasteiger charge is 2.22. The van der Waals surface area contributed by atoms with Crippen molar-refractivity contribution in [1.29, 1.82) is 0 Å². The van der Waals surface area contributed by atoms with Gasteiger partial charge in [0.1, 0.15) is 6.61 Å². The third kappa shape index (κ3) is 38.9. The van der Waals surface area contributed by atoms with Gasteiger partial charge in [0.2, 0.25) is 0 Å². The van der Waals surface area contributed by atoms with Crippen molar-refractivity contribution in [2.75, 3.05) is 13.2 Å². The van der Waals surface area contributed by atoms with Crippen molar-refractivity contribution in [3.63, 3.8) is 0 Å². The van der Waals surface area contributed by atoms with Gasteiger partial charge in [-0.25, -0.2) is 4.57 Å². The highest BCUT2D eigenvalue weighted by Crippen LogP contribution is 2.36. The van der Waals surface area contributed by atoms with Gasteiger partial charge in [-0.1, -0.05) is 140 Å². The standard InChI is InChI=1S/C40H73O8P/c1-3-5-7-9-11-13-15-17-19-20-21-23-25-27-29-31-33-35-40(42)48-38(37-47-49(43,44)45)36-46-39(41)34-32-30-28-26-24-22-18-16-14-12-10-8-6-4-2/h11,13,16-19,38H,3-10,12,14-15,20-37H2,1-2H3,(H2,43,44,45)/b13-11-,18-16-,19-17-/t38-/m1/s1. The smallest absolute Gasteiger partial charge is 0.462 e. The Hall–Kier alpha value is -1.73. The summed E-state index contributed by atoms with van der Waals surface area (Å²) < 4.78 is 26.3. The first kappa shape index (κ1) is 47.3. The van der Waals surface area contributed by atoms with E-state index >= 15 is 0 Å². The van der Waals surface area contributed by atoms with Crippen LogP contribution >= 0.6 is 7.82 Å². The number of allylic oxidation sites excluding steroid dienone is 6. The first-order chi connectivity index (χ1) is 23.8. The lowest BCUT2D eigenvalue weighted by Crippen LogP contribution is -2.29. The van der Waals surface area contributed by atoms with Gasteiger partial charge in [0.05, 0.1) is 6.61 Å². The Morgan fingerprint density at radius 2 is 0.918 bits per heavy atom. The zero-order chi connectivity index (χ0) is 36.1. The highest BCUT2D eigenvalue weighted by atomic mass is 31.2. The first-order valence-electron chi connectivity index (χ1n) is 19.8. The fourth-order valence-electron chi connectivity index (χ4n) is 5.40. The van der Waals surface area contributed by atoms with Crippen LogP contribution in [0, 0.1) is 0 Å². The molecule has 0 heterocycles. The van der Waals surface area contributed by atoms with E-state index in [1.807, 2.05) is 0 Å². The summed E-state index contributed by atoms with van der Waals surface area (Å²) in [5.74, 6) is -0.903. The monoisotopic (exact) mass is 713 g/mol. The number of ether oxygens (including phenoxy) is 2. The minimum absolute atomic E-state index is 0.201. The van der Waals surface area contributed by atoms with E-state index in [0.29, 0.717) is 12.8 Å². The molecule has 0 radical (unpaired) electrons. The zero-order valence-electron chi connectivity index (χ0n) is 31.3. The maximum absolute atomic E-state index is 12.4. The predicted molar refractivity (Wildman–Crippen MR) is 202 cm³/mol. The summed E-state index contributed by atoms with van der Waals surface area (Å²) in [6.07, 6.45) is 41.4. The molecule has 49 heavy (non-hydrogen) atoms. The number of carbonyl (C=O) groups is 2. The molecule has 0 rings (SSSR count). The van der Waals surface area contributed by atoms with Gasteiger partial charge in [0, 0.05) is 12.8 Å². The number of esters is 2. The molecule has 0 saturated heterocycles. The molecular weight excluding hydrogens is 639 g/mol. The van der Waals surface area contributed by atoms with Crippen LogP contribution in [0.2, 0.25) is 0 Å². The average molecular weight is 713 g/mol. The molecule has 0 saturated carbocycles. The summed E-state index contributed by atoms with van der Waals surface area (Å²) in [5.41, 5.74) is 0. The van der Waals surface area contributed by atoms with Crippen LogP contribution in [0.1, 0.15) is 187 Å². The molecule has 0 aliphatic rings. The van der Waals surface area contributed by atoms with E-state index in [-0.39, 0.29) is 19.4 Å². The maximum atomic E-state index is 12.4. The van der Waals surface area contributed by atoms with Crippen LogP contribution < -0.4 is 0 Å². The molecule has 0 unspecified atom stereocenters. The van der Waals surface area contributed by atoms with Crippen molar-refractivity contribution in [2.45, 2.75) is 193 Å². The molecule has 0 spiro atoms. The van der Waals surface area contributed by atoms with E-state index in [2.05, 4.69) is 54.8 Å². The molecule has 9 heteroatoms. The molecule has 2 N–H and O–H groups in total. The first-order valence-corrected chi connectivity index (χ1v) is 21.3. The summed E-state index contributed by atoms with van der Waals surface area (Å²) in [5, 5.41) is 0. The number of phosphoric ester groups is 1. The maximum Gasteiger partial charge on any atom is 0.469 e. The summed E-state index contributed by atoms with van der Waals surface area (Å²) in [6.45, 7) is 3.63. The Morgan fingerprint density at radius 1 is 0.531 bits per heavy atom.